The molecule has 0 aliphatic carbocycles. The number of aryl methyl sites for hydroxylation is 1. The lowest BCUT2D eigenvalue weighted by Crippen LogP contribution is -2.21. The monoisotopic (exact) mass is 411 g/mol. The van der Waals surface area contributed by atoms with E-state index in [0.717, 1.165) is 37.7 Å². The van der Waals surface area contributed by atoms with Gasteiger partial charge < -0.3 is 14.6 Å². The van der Waals surface area contributed by atoms with Crippen molar-refractivity contribution in [1.29, 1.82) is 0 Å². The lowest BCUT2D eigenvalue weighted by atomic mass is 10.1. The first-order chi connectivity index (χ1) is 13.5. The van der Waals surface area contributed by atoms with Crippen LogP contribution in [0.1, 0.15) is 15.2 Å². The Morgan fingerprint density at radius 3 is 2.64 bits per heavy atom. The smallest absolute Gasteiger partial charge is 0.348 e. The lowest BCUT2D eigenvalue weighted by molar-refractivity contribution is 0.0703. The minimum absolute atomic E-state index is 0.0309. The number of aromatic carboxylic acids is 1. The van der Waals surface area contributed by atoms with Crippen LogP contribution in [0.3, 0.4) is 0 Å². The Bertz CT molecular complexity index is 1210. The number of fused-ring (bicyclic) bond motifs is 1. The van der Waals surface area contributed by atoms with E-state index in [2.05, 4.69) is 4.98 Å². The number of hydrogen-bond acceptors (Lipinski definition) is 4. The fourth-order valence-corrected chi connectivity index (χ4v) is 4.82. The molecule has 1 unspecified atom stereocenters. The Balaban J connectivity index is 1.89. The molecule has 0 saturated carbocycles. The van der Waals surface area contributed by atoms with E-state index < -0.39 is 17.2 Å². The quantitative estimate of drug-likeness (QED) is 0.460. The van der Waals surface area contributed by atoms with Crippen molar-refractivity contribution in [2.45, 2.75) is 6.92 Å². The number of thiophene rings is 1. The van der Waals surface area contributed by atoms with Crippen LogP contribution in [0.25, 0.3) is 21.3 Å². The van der Waals surface area contributed by atoms with Crippen LogP contribution in [0.15, 0.2) is 60.8 Å². The number of anilines is 2. The molecule has 0 fully saturated rings. The van der Waals surface area contributed by atoms with E-state index in [1.165, 1.54) is 0 Å². The third-order valence-corrected chi connectivity index (χ3v) is 6.30. The number of carboxylic acid groups (broad SMARTS) is 1. The summed E-state index contributed by atoms with van der Waals surface area (Å²) in [5.74, 6) is -1.17. The first-order valence-electron chi connectivity index (χ1n) is 8.35. The van der Waals surface area contributed by atoms with E-state index in [-0.39, 0.29) is 10.6 Å². The van der Waals surface area contributed by atoms with Gasteiger partial charge in [-0.25, -0.2) is 4.79 Å². The Labute approximate surface area is 167 Å². The predicted octanol–water partition coefficient (Wildman–Crippen LogP) is 4.84. The molecule has 4 aromatic rings. The molecule has 2 aromatic carbocycles. The van der Waals surface area contributed by atoms with Crippen LogP contribution in [0.5, 0.6) is 0 Å². The molecular formula is C20H15N2O4S2-. The first-order valence-corrected chi connectivity index (χ1v) is 10.2. The zero-order valence-corrected chi connectivity index (χ0v) is 16.3. The van der Waals surface area contributed by atoms with Gasteiger partial charge >= 0.3 is 5.97 Å². The maximum absolute atomic E-state index is 12.0. The van der Waals surface area contributed by atoms with Gasteiger partial charge in [0, 0.05) is 16.6 Å². The third kappa shape index (κ3) is 3.22. The zero-order valence-electron chi connectivity index (χ0n) is 14.7. The molecule has 0 radical (unpaired) electrons. The van der Waals surface area contributed by atoms with Crippen molar-refractivity contribution in [3.05, 3.63) is 71.2 Å². The maximum atomic E-state index is 12.0. The highest BCUT2D eigenvalue weighted by atomic mass is 32.2. The minimum atomic E-state index is -2.68. The molecule has 0 aliphatic rings. The minimum Gasteiger partial charge on any atom is -0.755 e. The molecule has 4 rings (SSSR count). The molecule has 0 aliphatic heterocycles. The number of hydrogen-bond donors (Lipinski definition) is 2. The van der Waals surface area contributed by atoms with Crippen LogP contribution >= 0.6 is 11.3 Å². The molecule has 2 N–H and O–H groups in total. The topological polar surface area (TPSA) is 96.5 Å². The molecule has 142 valence electrons. The Morgan fingerprint density at radius 1 is 1.14 bits per heavy atom. The van der Waals surface area contributed by atoms with Crippen molar-refractivity contribution < 1.29 is 18.7 Å². The summed E-state index contributed by atoms with van der Waals surface area (Å²) in [6.07, 6.45) is 1.83. The standard InChI is InChI=1S/C20H16N2O4S2/c1-12-4-2-3-5-16(12)22(28(25)26)17-11-18(27-19(17)20(23)24)14-6-7-15-13(10-14)8-9-21-15/h2-11,21H,1H3,(H,23,24)(H,25,26)/p-1. The Kier molecular flexibility index (Phi) is 4.76. The summed E-state index contributed by atoms with van der Waals surface area (Å²) >= 11 is -1.63. The molecule has 1 atom stereocenters. The van der Waals surface area contributed by atoms with Gasteiger partial charge in [-0.15, -0.1) is 11.3 Å². The largest absolute Gasteiger partial charge is 0.755 e. The van der Waals surface area contributed by atoms with Crippen LogP contribution in [0.4, 0.5) is 11.4 Å². The highest BCUT2D eigenvalue weighted by Gasteiger charge is 2.24. The molecule has 2 aromatic heterocycles. The molecule has 6 nitrogen and oxygen atoms in total. The molecular weight excluding hydrogens is 396 g/mol. The summed E-state index contributed by atoms with van der Waals surface area (Å²) in [5, 5.41) is 10.7. The van der Waals surface area contributed by atoms with Crippen molar-refractivity contribution in [3.63, 3.8) is 0 Å². The fraction of sp³-hybridized carbons (Fsp3) is 0.0500. The zero-order chi connectivity index (χ0) is 19.8. The summed E-state index contributed by atoms with van der Waals surface area (Å²) < 4.78 is 25.1. The lowest BCUT2D eigenvalue weighted by Gasteiger charge is -2.27. The maximum Gasteiger partial charge on any atom is 0.348 e. The van der Waals surface area contributed by atoms with E-state index in [1.807, 2.05) is 30.5 Å². The number of carboxylic acids is 1. The first kappa shape index (κ1) is 18.4. The van der Waals surface area contributed by atoms with E-state index in [0.29, 0.717) is 10.6 Å². The van der Waals surface area contributed by atoms with Gasteiger partial charge in [-0.1, -0.05) is 24.3 Å². The molecule has 2 heterocycles. The Morgan fingerprint density at radius 2 is 1.93 bits per heavy atom. The van der Waals surface area contributed by atoms with Crippen LogP contribution in [-0.4, -0.2) is 24.8 Å². The SMILES string of the molecule is Cc1ccccc1N(c1cc(-c2ccc3[nH]ccc3c2)sc1C(=O)O)S(=O)[O-]. The second-order valence-electron chi connectivity index (χ2n) is 6.21. The molecule has 8 heteroatoms. The normalized spacial score (nSPS) is 12.2. The van der Waals surface area contributed by atoms with Crippen LogP contribution in [0, 0.1) is 6.92 Å². The van der Waals surface area contributed by atoms with Gasteiger partial charge in [0.1, 0.15) is 4.88 Å². The second-order valence-corrected chi connectivity index (χ2v) is 8.06. The molecule has 0 spiro atoms. The van der Waals surface area contributed by atoms with Gasteiger partial charge in [0.15, 0.2) is 0 Å². The van der Waals surface area contributed by atoms with Crippen molar-refractivity contribution >= 4 is 50.9 Å². The third-order valence-electron chi connectivity index (χ3n) is 4.45. The van der Waals surface area contributed by atoms with Gasteiger partial charge in [-0.2, -0.15) is 0 Å². The molecule has 0 bridgehead atoms. The summed E-state index contributed by atoms with van der Waals surface area (Å²) in [5.41, 5.74) is 3.08. The van der Waals surface area contributed by atoms with Crippen LogP contribution in [0.2, 0.25) is 0 Å². The van der Waals surface area contributed by atoms with Gasteiger partial charge in [0.05, 0.1) is 22.6 Å². The summed E-state index contributed by atoms with van der Waals surface area (Å²) in [7, 11) is 0. The van der Waals surface area contributed by atoms with Crippen molar-refractivity contribution in [2.75, 3.05) is 4.31 Å². The van der Waals surface area contributed by atoms with Crippen LogP contribution < -0.4 is 4.31 Å². The Hall–Kier alpha value is -2.94. The van der Waals surface area contributed by atoms with Crippen molar-refractivity contribution in [2.24, 2.45) is 0 Å². The van der Waals surface area contributed by atoms with E-state index in [9.17, 15) is 18.7 Å². The number of H-pyrrole nitrogens is 1. The second kappa shape index (κ2) is 7.23. The van der Waals surface area contributed by atoms with E-state index in [4.69, 9.17) is 0 Å². The highest BCUT2D eigenvalue weighted by molar-refractivity contribution is 7.81. The molecule has 0 amide bonds. The molecule has 0 saturated heterocycles. The van der Waals surface area contributed by atoms with Gasteiger partial charge in [0.25, 0.3) is 0 Å². The number of aromatic nitrogens is 1. The number of rotatable bonds is 5. The number of benzene rings is 2. The van der Waals surface area contributed by atoms with E-state index >= 15 is 0 Å². The predicted molar refractivity (Wildman–Crippen MR) is 111 cm³/mol. The number of aromatic amines is 1. The number of nitrogens with zero attached hydrogens (tertiary/aromatic N) is 1. The van der Waals surface area contributed by atoms with Gasteiger partial charge in [-0.3, -0.25) is 8.51 Å². The number of para-hydroxylation sites is 1. The van der Waals surface area contributed by atoms with E-state index in [1.54, 1.807) is 37.3 Å². The average molecular weight is 411 g/mol. The summed E-state index contributed by atoms with van der Waals surface area (Å²) in [4.78, 5) is 15.6. The number of nitrogens with one attached hydrogen (secondary N) is 1. The summed E-state index contributed by atoms with van der Waals surface area (Å²) in [6, 6.07) is 16.2. The van der Waals surface area contributed by atoms with Gasteiger partial charge in [0.2, 0.25) is 0 Å². The van der Waals surface area contributed by atoms with Crippen molar-refractivity contribution in [1.82, 2.24) is 4.98 Å². The van der Waals surface area contributed by atoms with Crippen molar-refractivity contribution in [3.8, 4) is 10.4 Å². The molecule has 28 heavy (non-hydrogen) atoms. The fourth-order valence-electron chi connectivity index (χ4n) is 3.12. The van der Waals surface area contributed by atoms with Gasteiger partial charge in [-0.05, 0) is 53.8 Å². The number of carbonyl (C=O) groups is 1. The average Bonchev–Trinajstić information content (AvgIpc) is 3.29. The van der Waals surface area contributed by atoms with Crippen LogP contribution in [-0.2, 0) is 11.3 Å². The summed E-state index contributed by atoms with van der Waals surface area (Å²) in [6.45, 7) is 1.78. The highest BCUT2D eigenvalue weighted by Crippen LogP contribution is 2.41.